The van der Waals surface area contributed by atoms with Gasteiger partial charge in [0.15, 0.2) is 11.5 Å². The highest BCUT2D eigenvalue weighted by Crippen LogP contribution is 2.33. The SMILES string of the molecule is C=C(C)C(=O)Oc1cc2ccccc2cc1OC(=O)C(=C)C. The second-order valence-corrected chi connectivity index (χ2v) is 4.99. The lowest BCUT2D eigenvalue weighted by molar-refractivity contribution is -0.132. The van der Waals surface area contributed by atoms with Crippen LogP contribution in [0.1, 0.15) is 13.8 Å². The van der Waals surface area contributed by atoms with Gasteiger partial charge in [0.05, 0.1) is 0 Å². The van der Waals surface area contributed by atoms with Crippen LogP contribution in [0.25, 0.3) is 10.8 Å². The second-order valence-electron chi connectivity index (χ2n) is 4.99. The molecule has 0 saturated heterocycles. The molecule has 0 spiro atoms. The molecular weight excluding hydrogens is 280 g/mol. The Hall–Kier alpha value is -2.88. The maximum Gasteiger partial charge on any atom is 0.338 e. The maximum atomic E-state index is 11.7. The monoisotopic (exact) mass is 296 g/mol. The molecule has 0 unspecified atom stereocenters. The molecule has 2 rings (SSSR count). The van der Waals surface area contributed by atoms with E-state index < -0.39 is 11.9 Å². The van der Waals surface area contributed by atoms with Crippen molar-refractivity contribution in [1.29, 1.82) is 0 Å². The van der Waals surface area contributed by atoms with E-state index in [0.717, 1.165) is 10.8 Å². The lowest BCUT2D eigenvalue weighted by atomic mass is 10.1. The van der Waals surface area contributed by atoms with Gasteiger partial charge in [0, 0.05) is 11.1 Å². The van der Waals surface area contributed by atoms with Gasteiger partial charge in [-0.05, 0) is 36.8 Å². The van der Waals surface area contributed by atoms with E-state index in [1.165, 1.54) is 0 Å². The van der Waals surface area contributed by atoms with Crippen LogP contribution in [-0.2, 0) is 9.59 Å². The summed E-state index contributed by atoms with van der Waals surface area (Å²) in [4.78, 5) is 23.5. The molecule has 0 saturated carbocycles. The predicted molar refractivity (Wildman–Crippen MR) is 84.8 cm³/mol. The summed E-state index contributed by atoms with van der Waals surface area (Å²) in [5.41, 5.74) is 0.510. The highest BCUT2D eigenvalue weighted by Gasteiger charge is 2.16. The highest BCUT2D eigenvalue weighted by atomic mass is 16.6. The Kier molecular flexibility index (Phi) is 4.41. The third kappa shape index (κ3) is 3.41. The first-order valence-electron chi connectivity index (χ1n) is 6.66. The van der Waals surface area contributed by atoms with Crippen molar-refractivity contribution in [1.82, 2.24) is 0 Å². The molecule has 0 aliphatic rings. The van der Waals surface area contributed by atoms with Crippen molar-refractivity contribution in [2.24, 2.45) is 0 Å². The van der Waals surface area contributed by atoms with Crippen LogP contribution < -0.4 is 9.47 Å². The van der Waals surface area contributed by atoms with E-state index >= 15 is 0 Å². The number of ether oxygens (including phenoxy) is 2. The summed E-state index contributed by atoms with van der Waals surface area (Å²) in [6, 6.07) is 10.8. The molecule has 0 amide bonds. The van der Waals surface area contributed by atoms with Crippen LogP contribution in [0.4, 0.5) is 0 Å². The van der Waals surface area contributed by atoms with Crippen LogP contribution in [0, 0.1) is 0 Å². The summed E-state index contributed by atoms with van der Waals surface area (Å²) < 4.78 is 10.5. The summed E-state index contributed by atoms with van der Waals surface area (Å²) in [5.74, 6) is -0.826. The average Bonchev–Trinajstić information content (AvgIpc) is 2.47. The third-order valence-electron chi connectivity index (χ3n) is 2.91. The number of carbonyl (C=O) groups is 2. The third-order valence-corrected chi connectivity index (χ3v) is 2.91. The summed E-state index contributed by atoms with van der Waals surface area (Å²) >= 11 is 0. The number of rotatable bonds is 4. The van der Waals surface area contributed by atoms with E-state index in [4.69, 9.17) is 9.47 Å². The van der Waals surface area contributed by atoms with E-state index in [0.29, 0.717) is 0 Å². The van der Waals surface area contributed by atoms with Gasteiger partial charge >= 0.3 is 11.9 Å². The Morgan fingerprint density at radius 3 is 1.50 bits per heavy atom. The van der Waals surface area contributed by atoms with Gasteiger partial charge < -0.3 is 9.47 Å². The molecule has 0 bridgehead atoms. The number of hydrogen-bond acceptors (Lipinski definition) is 4. The van der Waals surface area contributed by atoms with Gasteiger partial charge in [0.1, 0.15) is 0 Å². The van der Waals surface area contributed by atoms with Gasteiger partial charge in [-0.3, -0.25) is 0 Å². The zero-order valence-electron chi connectivity index (χ0n) is 12.5. The van der Waals surface area contributed by atoms with Crippen LogP contribution in [0.2, 0.25) is 0 Å². The fourth-order valence-corrected chi connectivity index (χ4v) is 1.73. The summed E-state index contributed by atoms with van der Waals surface area (Å²) in [5, 5.41) is 1.73. The molecule has 2 aromatic rings. The van der Waals surface area contributed by atoms with Gasteiger partial charge in [0.25, 0.3) is 0 Å². The molecule has 0 heterocycles. The van der Waals surface area contributed by atoms with Crippen LogP contribution in [0.3, 0.4) is 0 Å². The largest absolute Gasteiger partial charge is 0.419 e. The average molecular weight is 296 g/mol. The molecule has 0 radical (unpaired) electrons. The summed E-state index contributed by atoms with van der Waals surface area (Å²) in [6.07, 6.45) is 0. The Labute approximate surface area is 128 Å². The number of fused-ring (bicyclic) bond motifs is 1. The van der Waals surface area contributed by atoms with E-state index in [9.17, 15) is 9.59 Å². The zero-order valence-corrected chi connectivity index (χ0v) is 12.5. The van der Waals surface area contributed by atoms with Gasteiger partial charge in [0.2, 0.25) is 0 Å². The molecular formula is C18H16O4. The van der Waals surface area contributed by atoms with Gasteiger partial charge in [-0.25, -0.2) is 9.59 Å². The van der Waals surface area contributed by atoms with E-state index in [1.807, 2.05) is 24.3 Å². The predicted octanol–water partition coefficient (Wildman–Crippen LogP) is 3.80. The normalized spacial score (nSPS) is 10.1. The molecule has 0 fully saturated rings. The minimum atomic E-state index is -0.581. The van der Waals surface area contributed by atoms with Crippen LogP contribution >= 0.6 is 0 Å². The Morgan fingerprint density at radius 2 is 1.18 bits per heavy atom. The molecule has 22 heavy (non-hydrogen) atoms. The van der Waals surface area contributed by atoms with Gasteiger partial charge in [-0.2, -0.15) is 0 Å². The first-order chi connectivity index (χ1) is 10.4. The lowest BCUT2D eigenvalue weighted by Gasteiger charge is -2.12. The number of hydrogen-bond donors (Lipinski definition) is 0. The molecule has 0 aliphatic carbocycles. The first-order valence-corrected chi connectivity index (χ1v) is 6.66. The van der Waals surface area contributed by atoms with Gasteiger partial charge in [-0.15, -0.1) is 0 Å². The number of esters is 2. The Morgan fingerprint density at radius 1 is 0.818 bits per heavy atom. The quantitative estimate of drug-likeness (QED) is 0.489. The maximum absolute atomic E-state index is 11.7. The standard InChI is InChI=1S/C18H16O4/c1-11(2)17(19)21-15-9-13-7-5-6-8-14(13)10-16(15)22-18(20)12(3)4/h5-10H,1,3H2,2,4H3. The van der Waals surface area contributed by atoms with Gasteiger partial charge in [-0.1, -0.05) is 37.4 Å². The molecule has 0 N–H and O–H groups in total. The van der Waals surface area contributed by atoms with Crippen molar-refractivity contribution in [2.75, 3.05) is 0 Å². The van der Waals surface area contributed by atoms with E-state index in [2.05, 4.69) is 13.2 Å². The van der Waals surface area contributed by atoms with Crippen molar-refractivity contribution >= 4 is 22.7 Å². The molecule has 4 heteroatoms. The fraction of sp³-hybridized carbons (Fsp3) is 0.111. The molecule has 112 valence electrons. The minimum absolute atomic E-state index is 0.168. The van der Waals surface area contributed by atoms with Crippen molar-refractivity contribution in [3.63, 3.8) is 0 Å². The van der Waals surface area contributed by atoms with Crippen molar-refractivity contribution in [3.8, 4) is 11.5 Å². The Balaban J connectivity index is 2.49. The molecule has 4 nitrogen and oxygen atoms in total. The van der Waals surface area contributed by atoms with Crippen LogP contribution in [0.15, 0.2) is 60.7 Å². The summed E-state index contributed by atoms with van der Waals surface area (Å²) in [6.45, 7) is 10.2. The zero-order chi connectivity index (χ0) is 16.3. The lowest BCUT2D eigenvalue weighted by Crippen LogP contribution is -2.12. The van der Waals surface area contributed by atoms with Crippen molar-refractivity contribution in [3.05, 3.63) is 60.7 Å². The fourth-order valence-electron chi connectivity index (χ4n) is 1.73. The summed E-state index contributed by atoms with van der Waals surface area (Å²) in [7, 11) is 0. The second kappa shape index (κ2) is 6.26. The topological polar surface area (TPSA) is 52.6 Å². The number of carbonyl (C=O) groups excluding carboxylic acids is 2. The molecule has 0 atom stereocenters. The Bertz CT molecular complexity index is 720. The van der Waals surface area contributed by atoms with Crippen molar-refractivity contribution < 1.29 is 19.1 Å². The smallest absolute Gasteiger partial charge is 0.338 e. The van der Waals surface area contributed by atoms with E-state index in [-0.39, 0.29) is 22.6 Å². The van der Waals surface area contributed by atoms with Crippen LogP contribution in [0.5, 0.6) is 11.5 Å². The number of benzene rings is 2. The van der Waals surface area contributed by atoms with E-state index in [1.54, 1.807) is 26.0 Å². The van der Waals surface area contributed by atoms with Crippen LogP contribution in [-0.4, -0.2) is 11.9 Å². The highest BCUT2D eigenvalue weighted by molar-refractivity contribution is 5.94. The molecule has 0 aromatic heterocycles. The first kappa shape index (κ1) is 15.5. The molecule has 0 aliphatic heterocycles. The van der Waals surface area contributed by atoms with Crippen molar-refractivity contribution in [2.45, 2.75) is 13.8 Å². The molecule has 2 aromatic carbocycles. The minimum Gasteiger partial charge on any atom is -0.419 e.